The van der Waals surface area contributed by atoms with E-state index in [0.29, 0.717) is 0 Å². The van der Waals surface area contributed by atoms with E-state index in [4.69, 9.17) is 5.11 Å². The van der Waals surface area contributed by atoms with Crippen LogP contribution in [0.1, 0.15) is 72.1 Å². The van der Waals surface area contributed by atoms with Gasteiger partial charge in [-0.05, 0) is 57.8 Å². The number of carbonyl (C=O) groups is 1. The van der Waals surface area contributed by atoms with Gasteiger partial charge in [0, 0.05) is 0 Å². The lowest BCUT2D eigenvalue weighted by Gasteiger charge is -2.09. The van der Waals surface area contributed by atoms with Crippen LogP contribution < -0.4 is 0 Å². The number of aliphatic carboxylic acids is 1. The second-order valence-electron chi connectivity index (χ2n) is 6.08. The molecule has 0 radical (unpaired) electrons. The summed E-state index contributed by atoms with van der Waals surface area (Å²) in [5.41, 5.74) is 1.40. The Hall–Kier alpha value is -1.05. The average molecular weight is 280 g/mol. The smallest absolute Gasteiger partial charge is 0.306 e. The zero-order chi connectivity index (χ0) is 15.4. The molecule has 116 valence electrons. The molecular formula is C18H32O2. The van der Waals surface area contributed by atoms with Gasteiger partial charge in [0.05, 0.1) is 5.92 Å². The first-order valence-electron chi connectivity index (χ1n) is 7.96. The van der Waals surface area contributed by atoms with Crippen molar-refractivity contribution in [2.75, 3.05) is 0 Å². The maximum atomic E-state index is 10.7. The highest BCUT2D eigenvalue weighted by molar-refractivity contribution is 5.69. The van der Waals surface area contributed by atoms with Crippen molar-refractivity contribution in [3.8, 4) is 0 Å². The predicted molar refractivity (Wildman–Crippen MR) is 86.9 cm³/mol. The van der Waals surface area contributed by atoms with Gasteiger partial charge in [-0.1, -0.05) is 38.0 Å². The molecule has 0 aromatic rings. The van der Waals surface area contributed by atoms with Gasteiger partial charge in [0.1, 0.15) is 0 Å². The average Bonchev–Trinajstić information content (AvgIpc) is 2.38. The Balaban J connectivity index is 3.69. The summed E-state index contributed by atoms with van der Waals surface area (Å²) in [5.74, 6) is -0.112. The molecule has 1 N–H and O–H groups in total. The van der Waals surface area contributed by atoms with Crippen molar-refractivity contribution < 1.29 is 9.90 Å². The largest absolute Gasteiger partial charge is 0.481 e. The van der Waals surface area contributed by atoms with E-state index in [1.54, 1.807) is 6.92 Å². The van der Waals surface area contributed by atoms with Crippen molar-refractivity contribution in [1.82, 2.24) is 0 Å². The molecule has 0 rings (SSSR count). The Labute approximate surface area is 125 Å². The molecule has 20 heavy (non-hydrogen) atoms. The zero-order valence-electron chi connectivity index (χ0n) is 13.5. The number of hydrogen-bond donors (Lipinski definition) is 1. The highest BCUT2D eigenvalue weighted by atomic mass is 16.4. The van der Waals surface area contributed by atoms with Crippen LogP contribution in [0.2, 0.25) is 0 Å². The Morgan fingerprint density at radius 3 is 2.45 bits per heavy atom. The van der Waals surface area contributed by atoms with Crippen LogP contribution in [0.15, 0.2) is 24.3 Å². The molecule has 0 saturated carbocycles. The van der Waals surface area contributed by atoms with E-state index in [2.05, 4.69) is 26.5 Å². The van der Waals surface area contributed by atoms with E-state index in [0.717, 1.165) is 38.0 Å². The molecule has 0 saturated heterocycles. The fraction of sp³-hybridized carbons (Fsp3) is 0.722. The topological polar surface area (TPSA) is 37.3 Å². The number of carboxylic acid groups (broad SMARTS) is 1. The molecule has 0 fully saturated rings. The quantitative estimate of drug-likeness (QED) is 0.373. The molecule has 0 aliphatic heterocycles. The molecule has 0 aliphatic rings. The third kappa shape index (κ3) is 10.8. The third-order valence-electron chi connectivity index (χ3n) is 3.89. The summed E-state index contributed by atoms with van der Waals surface area (Å²) in [6, 6.07) is 0. The van der Waals surface area contributed by atoms with Crippen LogP contribution in [0.4, 0.5) is 0 Å². The molecule has 0 bridgehead atoms. The van der Waals surface area contributed by atoms with Gasteiger partial charge in [-0.25, -0.2) is 0 Å². The van der Waals surface area contributed by atoms with Crippen molar-refractivity contribution >= 4 is 5.97 Å². The molecule has 0 aromatic carbocycles. The SMILES string of the molecule is C=CCCCC(C)CC/C=C(\C)CCCC(C)C(=O)O. The van der Waals surface area contributed by atoms with Gasteiger partial charge in [0.25, 0.3) is 0 Å². The van der Waals surface area contributed by atoms with Crippen LogP contribution in [-0.4, -0.2) is 11.1 Å². The first-order valence-corrected chi connectivity index (χ1v) is 7.96. The molecule has 0 aliphatic carbocycles. The fourth-order valence-corrected chi connectivity index (χ4v) is 2.28. The van der Waals surface area contributed by atoms with Crippen LogP contribution >= 0.6 is 0 Å². The van der Waals surface area contributed by atoms with E-state index < -0.39 is 5.97 Å². The molecule has 0 spiro atoms. The van der Waals surface area contributed by atoms with E-state index in [1.807, 2.05) is 6.08 Å². The molecule has 2 heteroatoms. The van der Waals surface area contributed by atoms with Crippen molar-refractivity contribution in [3.63, 3.8) is 0 Å². The maximum absolute atomic E-state index is 10.7. The number of unbranched alkanes of at least 4 members (excludes halogenated alkanes) is 1. The van der Waals surface area contributed by atoms with Gasteiger partial charge in [0.15, 0.2) is 0 Å². The number of allylic oxidation sites excluding steroid dienone is 3. The summed E-state index contributed by atoms with van der Waals surface area (Å²) < 4.78 is 0. The van der Waals surface area contributed by atoms with Crippen LogP contribution in [-0.2, 0) is 4.79 Å². The monoisotopic (exact) mass is 280 g/mol. The standard InChI is InChI=1S/C18H32O2/c1-5-6-7-10-15(2)11-8-12-16(3)13-9-14-17(4)18(19)20/h5,12,15,17H,1,6-11,13-14H2,2-4H3,(H,19,20)/b16-12+. The lowest BCUT2D eigenvalue weighted by molar-refractivity contribution is -0.141. The summed E-state index contributed by atoms with van der Waals surface area (Å²) in [6.07, 6.45) is 13.2. The highest BCUT2D eigenvalue weighted by Crippen LogP contribution is 2.17. The van der Waals surface area contributed by atoms with Crippen molar-refractivity contribution in [2.24, 2.45) is 11.8 Å². The Bertz CT molecular complexity index is 305. The number of rotatable bonds is 12. The second-order valence-corrected chi connectivity index (χ2v) is 6.08. The summed E-state index contributed by atoms with van der Waals surface area (Å²) in [7, 11) is 0. The first-order chi connectivity index (χ1) is 9.47. The van der Waals surface area contributed by atoms with Gasteiger partial charge >= 0.3 is 5.97 Å². The molecule has 2 atom stereocenters. The van der Waals surface area contributed by atoms with Gasteiger partial charge in [-0.2, -0.15) is 0 Å². The highest BCUT2D eigenvalue weighted by Gasteiger charge is 2.09. The molecule has 0 aromatic heterocycles. The zero-order valence-corrected chi connectivity index (χ0v) is 13.5. The summed E-state index contributed by atoms with van der Waals surface area (Å²) in [4.78, 5) is 10.7. The van der Waals surface area contributed by atoms with Crippen molar-refractivity contribution in [2.45, 2.75) is 72.1 Å². The minimum atomic E-state index is -0.681. The Morgan fingerprint density at radius 1 is 1.15 bits per heavy atom. The van der Waals surface area contributed by atoms with Gasteiger partial charge in [0.2, 0.25) is 0 Å². The van der Waals surface area contributed by atoms with Crippen molar-refractivity contribution in [3.05, 3.63) is 24.3 Å². The second kappa shape index (κ2) is 11.7. The van der Waals surface area contributed by atoms with Crippen molar-refractivity contribution in [1.29, 1.82) is 0 Å². The molecule has 0 heterocycles. The minimum Gasteiger partial charge on any atom is -0.481 e. The summed E-state index contributed by atoms with van der Waals surface area (Å²) in [6.45, 7) is 10.0. The van der Waals surface area contributed by atoms with Gasteiger partial charge in [-0.3, -0.25) is 4.79 Å². The summed E-state index contributed by atoms with van der Waals surface area (Å²) >= 11 is 0. The van der Waals surface area contributed by atoms with E-state index in [1.165, 1.54) is 24.8 Å². The van der Waals surface area contributed by atoms with E-state index in [-0.39, 0.29) is 5.92 Å². The van der Waals surface area contributed by atoms with Crippen LogP contribution in [0.3, 0.4) is 0 Å². The van der Waals surface area contributed by atoms with E-state index >= 15 is 0 Å². The van der Waals surface area contributed by atoms with Crippen LogP contribution in [0.5, 0.6) is 0 Å². The molecule has 2 nitrogen and oxygen atoms in total. The normalized spacial score (nSPS) is 14.8. The molecular weight excluding hydrogens is 248 g/mol. The number of carboxylic acids is 1. The maximum Gasteiger partial charge on any atom is 0.306 e. The third-order valence-corrected chi connectivity index (χ3v) is 3.89. The Kier molecular flexibility index (Phi) is 11.1. The first kappa shape index (κ1) is 18.9. The minimum absolute atomic E-state index is 0.215. The van der Waals surface area contributed by atoms with Crippen LogP contribution in [0.25, 0.3) is 0 Å². The molecule has 0 amide bonds. The Morgan fingerprint density at radius 2 is 1.85 bits per heavy atom. The fourth-order valence-electron chi connectivity index (χ4n) is 2.28. The van der Waals surface area contributed by atoms with E-state index in [9.17, 15) is 4.79 Å². The van der Waals surface area contributed by atoms with Gasteiger partial charge < -0.3 is 5.11 Å². The molecule has 2 unspecified atom stereocenters. The van der Waals surface area contributed by atoms with Crippen LogP contribution in [0, 0.1) is 11.8 Å². The lowest BCUT2D eigenvalue weighted by atomic mass is 9.97. The summed E-state index contributed by atoms with van der Waals surface area (Å²) in [5, 5.41) is 8.82. The predicted octanol–water partition coefficient (Wildman–Crippen LogP) is 5.60. The van der Waals surface area contributed by atoms with Gasteiger partial charge in [-0.15, -0.1) is 6.58 Å². The lowest BCUT2D eigenvalue weighted by Crippen LogP contribution is -2.08. The number of hydrogen-bond acceptors (Lipinski definition) is 1.